The van der Waals surface area contributed by atoms with E-state index in [-0.39, 0.29) is 11.3 Å². The van der Waals surface area contributed by atoms with Gasteiger partial charge in [0.1, 0.15) is 5.75 Å². The van der Waals surface area contributed by atoms with Crippen molar-refractivity contribution in [2.24, 2.45) is 5.92 Å². The van der Waals surface area contributed by atoms with Crippen molar-refractivity contribution in [1.29, 1.82) is 0 Å². The van der Waals surface area contributed by atoms with Crippen LogP contribution >= 0.6 is 0 Å². The molecule has 0 saturated heterocycles. The van der Waals surface area contributed by atoms with Crippen LogP contribution in [0, 0.1) is 18.2 Å². The van der Waals surface area contributed by atoms with E-state index in [4.69, 9.17) is 9.47 Å². The maximum Gasteiger partial charge on any atom is 0.343 e. The zero-order chi connectivity index (χ0) is 19.1. The molecule has 27 heavy (non-hydrogen) atoms. The fourth-order valence-corrected chi connectivity index (χ4v) is 3.45. The molecule has 0 aromatic heterocycles. The van der Waals surface area contributed by atoms with Crippen LogP contribution in [0.3, 0.4) is 0 Å². The Bertz CT molecular complexity index is 749. The normalized spacial score (nSPS) is 14.7. The molecular formula is C23H26FO3. The van der Waals surface area contributed by atoms with Crippen LogP contribution in [-0.2, 0) is 6.42 Å². The van der Waals surface area contributed by atoms with Gasteiger partial charge in [0, 0.05) is 0 Å². The summed E-state index contributed by atoms with van der Waals surface area (Å²) in [5.74, 6) is 0.270. The Labute approximate surface area is 160 Å². The molecule has 3 rings (SSSR count). The summed E-state index contributed by atoms with van der Waals surface area (Å²) in [7, 11) is 0. The van der Waals surface area contributed by atoms with Gasteiger partial charge in [0.25, 0.3) is 0 Å². The van der Waals surface area contributed by atoms with E-state index in [2.05, 4.69) is 6.42 Å². The van der Waals surface area contributed by atoms with Crippen LogP contribution in [0.25, 0.3) is 0 Å². The third kappa shape index (κ3) is 5.56. The second-order valence-corrected chi connectivity index (χ2v) is 6.96. The van der Waals surface area contributed by atoms with Crippen molar-refractivity contribution in [2.45, 2.75) is 45.4 Å². The Hall–Kier alpha value is -2.36. The number of rotatable bonds is 7. The minimum Gasteiger partial charge on any atom is -0.491 e. The SMILES string of the molecule is CCOc1ccc(C(=O)Oc2ccc(CCC3CC[CH]CC3)cc2)cc1F. The third-order valence-electron chi connectivity index (χ3n) is 5.00. The van der Waals surface area contributed by atoms with E-state index in [0.717, 1.165) is 18.4 Å². The lowest BCUT2D eigenvalue weighted by molar-refractivity contribution is 0.0734. The zero-order valence-electron chi connectivity index (χ0n) is 15.7. The molecule has 2 aromatic carbocycles. The van der Waals surface area contributed by atoms with Crippen molar-refractivity contribution >= 4 is 5.97 Å². The molecule has 0 bridgehead atoms. The van der Waals surface area contributed by atoms with Crippen LogP contribution < -0.4 is 9.47 Å². The quantitative estimate of drug-likeness (QED) is 0.459. The molecule has 0 heterocycles. The number of carbonyl (C=O) groups excluding carboxylic acids is 1. The van der Waals surface area contributed by atoms with Gasteiger partial charge in [-0.15, -0.1) is 0 Å². The number of carbonyl (C=O) groups is 1. The van der Waals surface area contributed by atoms with Crippen LogP contribution in [0.4, 0.5) is 4.39 Å². The molecule has 3 nitrogen and oxygen atoms in total. The Morgan fingerprint density at radius 1 is 1.11 bits per heavy atom. The number of aryl methyl sites for hydroxylation is 1. The monoisotopic (exact) mass is 369 g/mol. The second kappa shape index (κ2) is 9.54. The standard InChI is InChI=1S/C23H26FO3/c1-2-26-22-15-12-19(16-21(22)24)23(25)27-20-13-10-18(11-14-20)9-8-17-6-4-3-5-7-17/h3,10-17H,2,4-9H2,1H3. The lowest BCUT2D eigenvalue weighted by Gasteiger charge is -2.21. The van der Waals surface area contributed by atoms with Gasteiger partial charge in [0.2, 0.25) is 0 Å². The molecule has 1 aliphatic carbocycles. The largest absolute Gasteiger partial charge is 0.491 e. The summed E-state index contributed by atoms with van der Waals surface area (Å²) in [4.78, 5) is 12.2. The fourth-order valence-electron chi connectivity index (χ4n) is 3.45. The summed E-state index contributed by atoms with van der Waals surface area (Å²) in [5, 5.41) is 0. The van der Waals surface area contributed by atoms with E-state index in [9.17, 15) is 9.18 Å². The van der Waals surface area contributed by atoms with E-state index >= 15 is 0 Å². The molecule has 0 unspecified atom stereocenters. The molecule has 1 aliphatic rings. The Kier molecular flexibility index (Phi) is 6.86. The van der Waals surface area contributed by atoms with Crippen molar-refractivity contribution in [1.82, 2.24) is 0 Å². The van der Waals surface area contributed by atoms with Gasteiger partial charge in [0.15, 0.2) is 11.6 Å². The smallest absolute Gasteiger partial charge is 0.343 e. The van der Waals surface area contributed by atoms with Gasteiger partial charge in [0.05, 0.1) is 12.2 Å². The summed E-state index contributed by atoms with van der Waals surface area (Å²) >= 11 is 0. The molecule has 0 atom stereocenters. The van der Waals surface area contributed by atoms with Gasteiger partial charge in [-0.3, -0.25) is 0 Å². The van der Waals surface area contributed by atoms with Crippen molar-refractivity contribution in [2.75, 3.05) is 6.61 Å². The van der Waals surface area contributed by atoms with Crippen LogP contribution in [0.2, 0.25) is 0 Å². The van der Waals surface area contributed by atoms with Gasteiger partial charge in [-0.2, -0.15) is 0 Å². The van der Waals surface area contributed by atoms with Gasteiger partial charge in [-0.25, -0.2) is 9.18 Å². The van der Waals surface area contributed by atoms with E-state index < -0.39 is 11.8 Å². The summed E-state index contributed by atoms with van der Waals surface area (Å²) < 4.78 is 24.4. The molecule has 1 saturated carbocycles. The van der Waals surface area contributed by atoms with Crippen LogP contribution in [0.5, 0.6) is 11.5 Å². The second-order valence-electron chi connectivity index (χ2n) is 6.96. The summed E-state index contributed by atoms with van der Waals surface area (Å²) in [6.07, 6.45) is 9.72. The predicted octanol–water partition coefficient (Wildman–Crippen LogP) is 5.77. The molecule has 1 fully saturated rings. The summed E-state index contributed by atoms with van der Waals surface area (Å²) in [6.45, 7) is 2.14. The Morgan fingerprint density at radius 3 is 2.52 bits per heavy atom. The van der Waals surface area contributed by atoms with Crippen molar-refractivity contribution in [3.63, 3.8) is 0 Å². The minimum atomic E-state index is -0.580. The number of esters is 1. The molecule has 0 N–H and O–H groups in total. The highest BCUT2D eigenvalue weighted by molar-refractivity contribution is 5.91. The first-order valence-electron chi connectivity index (χ1n) is 9.71. The maximum absolute atomic E-state index is 13.9. The van der Waals surface area contributed by atoms with E-state index in [1.807, 2.05) is 12.1 Å². The number of benzene rings is 2. The summed E-state index contributed by atoms with van der Waals surface area (Å²) in [5.41, 5.74) is 1.41. The van der Waals surface area contributed by atoms with E-state index in [1.54, 1.807) is 19.1 Å². The summed E-state index contributed by atoms with van der Waals surface area (Å²) in [6, 6.07) is 11.7. The first-order valence-corrected chi connectivity index (χ1v) is 9.71. The Morgan fingerprint density at radius 2 is 1.85 bits per heavy atom. The Balaban J connectivity index is 1.54. The van der Waals surface area contributed by atoms with Crippen LogP contribution in [-0.4, -0.2) is 12.6 Å². The number of hydrogen-bond acceptors (Lipinski definition) is 3. The maximum atomic E-state index is 13.9. The molecule has 4 heteroatoms. The van der Waals surface area contributed by atoms with Crippen LogP contribution in [0.1, 0.15) is 54.9 Å². The number of hydrogen-bond donors (Lipinski definition) is 0. The number of ether oxygens (including phenoxy) is 2. The molecular weight excluding hydrogens is 343 g/mol. The fraction of sp³-hybridized carbons (Fsp3) is 0.391. The molecule has 0 aliphatic heterocycles. The zero-order valence-corrected chi connectivity index (χ0v) is 15.7. The lowest BCUT2D eigenvalue weighted by Crippen LogP contribution is -2.09. The molecule has 2 aromatic rings. The highest BCUT2D eigenvalue weighted by Crippen LogP contribution is 2.27. The van der Waals surface area contributed by atoms with Gasteiger partial charge in [-0.1, -0.05) is 25.0 Å². The van der Waals surface area contributed by atoms with Gasteiger partial charge < -0.3 is 9.47 Å². The van der Waals surface area contributed by atoms with Crippen LogP contribution in [0.15, 0.2) is 42.5 Å². The highest BCUT2D eigenvalue weighted by Gasteiger charge is 2.14. The van der Waals surface area contributed by atoms with E-state index in [0.29, 0.717) is 12.4 Å². The highest BCUT2D eigenvalue weighted by atomic mass is 19.1. The van der Waals surface area contributed by atoms with E-state index in [1.165, 1.54) is 49.8 Å². The molecule has 0 amide bonds. The van der Waals surface area contributed by atoms with Crippen molar-refractivity contribution in [3.05, 3.63) is 65.8 Å². The topological polar surface area (TPSA) is 35.5 Å². The first-order chi connectivity index (χ1) is 13.2. The molecule has 1 radical (unpaired) electrons. The number of halogens is 1. The van der Waals surface area contributed by atoms with Crippen molar-refractivity contribution in [3.8, 4) is 11.5 Å². The molecule has 0 spiro atoms. The third-order valence-corrected chi connectivity index (χ3v) is 5.00. The average Bonchev–Trinajstić information content (AvgIpc) is 2.70. The lowest BCUT2D eigenvalue weighted by atomic mass is 9.85. The first kappa shape index (κ1) is 19.4. The predicted molar refractivity (Wildman–Crippen MR) is 104 cm³/mol. The van der Waals surface area contributed by atoms with Gasteiger partial charge >= 0.3 is 5.97 Å². The minimum absolute atomic E-state index is 0.134. The average molecular weight is 369 g/mol. The molecule has 143 valence electrons. The van der Waals surface area contributed by atoms with Crippen molar-refractivity contribution < 1.29 is 18.7 Å². The van der Waals surface area contributed by atoms with Gasteiger partial charge in [-0.05, 0) is 80.8 Å².